The predicted octanol–water partition coefficient (Wildman–Crippen LogP) is 4.20. The molecule has 0 radical (unpaired) electrons. The number of pyridine rings is 1. The Labute approximate surface area is 184 Å². The van der Waals surface area contributed by atoms with Crippen LogP contribution in [0, 0.1) is 5.82 Å². The van der Waals surface area contributed by atoms with Crippen LogP contribution in [-0.2, 0) is 9.59 Å². The normalized spacial score (nSPS) is 12.5. The molecule has 0 saturated carbocycles. The maximum Gasteiger partial charge on any atom is 0.310 e. The monoisotopic (exact) mass is 437 g/mol. The van der Waals surface area contributed by atoms with Crippen molar-refractivity contribution in [2.24, 2.45) is 0 Å². The summed E-state index contributed by atoms with van der Waals surface area (Å²) in [6.45, 7) is 3.71. The summed E-state index contributed by atoms with van der Waals surface area (Å²) >= 11 is 0. The highest BCUT2D eigenvalue weighted by Crippen LogP contribution is 2.33. The number of fused-ring (bicyclic) bond motifs is 1. The van der Waals surface area contributed by atoms with Gasteiger partial charge in [-0.05, 0) is 49.1 Å². The molecule has 0 bridgehead atoms. The number of nitrogens with zero attached hydrogens (tertiary/aromatic N) is 1. The topological polar surface area (TPSA) is 96.6 Å². The molecule has 166 valence electrons. The molecule has 6 nitrogen and oxygen atoms in total. The summed E-state index contributed by atoms with van der Waals surface area (Å²) in [5.74, 6) is -2.25. The first-order valence-electron chi connectivity index (χ1n) is 10.2. The molecule has 0 aliphatic heterocycles. The standard InChI is InChI=1S/C25H24FNO5/c1-15(2)27-22(12-11-18(28)13-19(29)14-23(30)31)24(16-7-9-17(26)10-8-16)20-5-3-4-6-21(20)25(27)32/h3-12,15,18,28H,13-14H2,1-2H3,(H,30,31). The fraction of sp³-hybridized carbons (Fsp3) is 0.240. The summed E-state index contributed by atoms with van der Waals surface area (Å²) in [7, 11) is 0. The third kappa shape index (κ3) is 5.00. The number of rotatable bonds is 8. The zero-order valence-electron chi connectivity index (χ0n) is 17.8. The number of aliphatic carboxylic acids is 1. The van der Waals surface area contributed by atoms with Gasteiger partial charge in [-0.25, -0.2) is 4.39 Å². The molecule has 1 unspecified atom stereocenters. The summed E-state index contributed by atoms with van der Waals surface area (Å²) in [5, 5.41) is 20.2. The van der Waals surface area contributed by atoms with Gasteiger partial charge in [-0.2, -0.15) is 0 Å². The average molecular weight is 437 g/mol. The first-order valence-corrected chi connectivity index (χ1v) is 10.2. The minimum Gasteiger partial charge on any atom is -0.481 e. The highest BCUT2D eigenvalue weighted by atomic mass is 19.1. The number of hydrogen-bond acceptors (Lipinski definition) is 4. The van der Waals surface area contributed by atoms with Gasteiger partial charge in [0, 0.05) is 23.4 Å². The van der Waals surface area contributed by atoms with Gasteiger partial charge in [0.25, 0.3) is 5.56 Å². The number of Topliss-reactive ketones (excluding diaryl/α,β-unsaturated/α-hetero) is 1. The minimum absolute atomic E-state index is 0.211. The van der Waals surface area contributed by atoms with Crippen LogP contribution in [0.4, 0.5) is 4.39 Å². The fourth-order valence-electron chi connectivity index (χ4n) is 3.73. The van der Waals surface area contributed by atoms with Gasteiger partial charge in [0.15, 0.2) is 0 Å². The minimum atomic E-state index is -1.26. The van der Waals surface area contributed by atoms with E-state index in [0.717, 1.165) is 0 Å². The van der Waals surface area contributed by atoms with Crippen LogP contribution in [0.1, 0.15) is 38.4 Å². The van der Waals surface area contributed by atoms with E-state index in [1.165, 1.54) is 18.2 Å². The SMILES string of the molecule is CC(C)n1c(C=CC(O)CC(=O)CC(=O)O)c(-c2ccc(F)cc2)c2ccccc2c1=O. The Hall–Kier alpha value is -3.58. The number of benzene rings is 2. The highest BCUT2D eigenvalue weighted by molar-refractivity contribution is 5.99. The van der Waals surface area contributed by atoms with E-state index in [0.29, 0.717) is 27.6 Å². The molecule has 1 atom stereocenters. The molecule has 0 fully saturated rings. The number of aromatic nitrogens is 1. The Balaban J connectivity index is 2.21. The van der Waals surface area contributed by atoms with Crippen LogP contribution in [0.25, 0.3) is 28.0 Å². The van der Waals surface area contributed by atoms with Crippen molar-refractivity contribution in [1.29, 1.82) is 0 Å². The molecule has 1 heterocycles. The second-order valence-electron chi connectivity index (χ2n) is 7.82. The van der Waals surface area contributed by atoms with Gasteiger partial charge >= 0.3 is 5.97 Å². The molecule has 7 heteroatoms. The van der Waals surface area contributed by atoms with Crippen LogP contribution in [0.5, 0.6) is 0 Å². The Morgan fingerprint density at radius 3 is 2.28 bits per heavy atom. The smallest absolute Gasteiger partial charge is 0.310 e. The summed E-state index contributed by atoms with van der Waals surface area (Å²) in [4.78, 5) is 35.7. The molecule has 1 aromatic heterocycles. The van der Waals surface area contributed by atoms with Crippen molar-refractivity contribution in [3.05, 3.63) is 76.5 Å². The number of aliphatic hydroxyl groups excluding tert-OH is 1. The molecular formula is C25H24FNO5. The first-order chi connectivity index (χ1) is 15.2. The summed E-state index contributed by atoms with van der Waals surface area (Å²) in [5.41, 5.74) is 1.67. The molecule has 0 amide bonds. The van der Waals surface area contributed by atoms with Crippen molar-refractivity contribution < 1.29 is 24.2 Å². The van der Waals surface area contributed by atoms with Crippen molar-refractivity contribution in [2.75, 3.05) is 0 Å². The molecule has 3 rings (SSSR count). The Morgan fingerprint density at radius 2 is 1.69 bits per heavy atom. The summed E-state index contributed by atoms with van der Waals surface area (Å²) < 4.78 is 15.2. The van der Waals surface area contributed by atoms with Crippen molar-refractivity contribution in [3.63, 3.8) is 0 Å². The molecular weight excluding hydrogens is 413 g/mol. The van der Waals surface area contributed by atoms with Crippen LogP contribution < -0.4 is 5.56 Å². The molecule has 0 aliphatic rings. The Bertz CT molecular complexity index is 1240. The van der Waals surface area contributed by atoms with Crippen LogP contribution in [-0.4, -0.2) is 32.6 Å². The van der Waals surface area contributed by atoms with Crippen LogP contribution in [0.15, 0.2) is 59.4 Å². The maximum absolute atomic E-state index is 13.6. The average Bonchev–Trinajstić information content (AvgIpc) is 2.72. The molecule has 0 spiro atoms. The van der Waals surface area contributed by atoms with Crippen molar-refractivity contribution in [3.8, 4) is 11.1 Å². The largest absolute Gasteiger partial charge is 0.481 e. The quantitative estimate of drug-likeness (QED) is 0.515. The zero-order valence-corrected chi connectivity index (χ0v) is 17.8. The Morgan fingerprint density at radius 1 is 1.06 bits per heavy atom. The second kappa shape index (κ2) is 9.70. The van der Waals surface area contributed by atoms with E-state index < -0.39 is 24.3 Å². The molecule has 0 aliphatic carbocycles. The third-order valence-electron chi connectivity index (χ3n) is 5.07. The molecule has 3 aromatic rings. The van der Waals surface area contributed by atoms with Crippen molar-refractivity contribution in [2.45, 2.75) is 38.8 Å². The number of carboxylic acid groups (broad SMARTS) is 1. The lowest BCUT2D eigenvalue weighted by atomic mass is 9.95. The van der Waals surface area contributed by atoms with E-state index in [1.54, 1.807) is 41.0 Å². The maximum atomic E-state index is 13.6. The third-order valence-corrected chi connectivity index (χ3v) is 5.07. The number of carbonyl (C=O) groups is 2. The van der Waals surface area contributed by atoms with E-state index >= 15 is 0 Å². The molecule has 32 heavy (non-hydrogen) atoms. The number of carboxylic acids is 1. The number of aliphatic hydroxyl groups is 1. The number of ketones is 1. The van der Waals surface area contributed by atoms with Gasteiger partial charge in [-0.15, -0.1) is 0 Å². The predicted molar refractivity (Wildman–Crippen MR) is 121 cm³/mol. The van der Waals surface area contributed by atoms with Crippen LogP contribution in [0.2, 0.25) is 0 Å². The zero-order chi connectivity index (χ0) is 23.4. The molecule has 0 saturated heterocycles. The number of hydrogen-bond donors (Lipinski definition) is 2. The summed E-state index contributed by atoms with van der Waals surface area (Å²) in [6.07, 6.45) is 0.692. The van der Waals surface area contributed by atoms with Crippen molar-refractivity contribution in [1.82, 2.24) is 4.57 Å². The van der Waals surface area contributed by atoms with Gasteiger partial charge in [-0.3, -0.25) is 14.4 Å². The van der Waals surface area contributed by atoms with Crippen molar-refractivity contribution >= 4 is 28.6 Å². The van der Waals surface area contributed by atoms with Gasteiger partial charge in [0.1, 0.15) is 18.0 Å². The van der Waals surface area contributed by atoms with E-state index in [2.05, 4.69) is 0 Å². The van der Waals surface area contributed by atoms with Crippen LogP contribution in [0.3, 0.4) is 0 Å². The van der Waals surface area contributed by atoms with Crippen LogP contribution >= 0.6 is 0 Å². The van der Waals surface area contributed by atoms with Gasteiger partial charge in [-0.1, -0.05) is 36.4 Å². The summed E-state index contributed by atoms with van der Waals surface area (Å²) in [6, 6.07) is 12.8. The van der Waals surface area contributed by atoms with Gasteiger partial charge in [0.2, 0.25) is 0 Å². The molecule has 2 aromatic carbocycles. The van der Waals surface area contributed by atoms with Gasteiger partial charge < -0.3 is 14.8 Å². The fourth-order valence-corrected chi connectivity index (χ4v) is 3.73. The lowest BCUT2D eigenvalue weighted by Gasteiger charge is -2.21. The van der Waals surface area contributed by atoms with E-state index in [9.17, 15) is 23.9 Å². The number of halogens is 1. The van der Waals surface area contributed by atoms with E-state index in [1.807, 2.05) is 19.9 Å². The van der Waals surface area contributed by atoms with E-state index in [4.69, 9.17) is 5.11 Å². The van der Waals surface area contributed by atoms with E-state index in [-0.39, 0.29) is 23.8 Å². The number of carbonyl (C=O) groups excluding carboxylic acids is 1. The molecule has 2 N–H and O–H groups in total. The Kier molecular flexibility index (Phi) is 7.00. The lowest BCUT2D eigenvalue weighted by molar-refractivity contribution is -0.140. The lowest BCUT2D eigenvalue weighted by Crippen LogP contribution is -2.25. The van der Waals surface area contributed by atoms with Gasteiger partial charge in [0.05, 0.1) is 11.8 Å². The highest BCUT2D eigenvalue weighted by Gasteiger charge is 2.19. The second-order valence-corrected chi connectivity index (χ2v) is 7.82. The first kappa shape index (κ1) is 23.1.